The van der Waals surface area contributed by atoms with Crippen LogP contribution in [0.15, 0.2) is 11.6 Å². The molecule has 0 saturated carbocycles. The van der Waals surface area contributed by atoms with E-state index in [2.05, 4.69) is 17.2 Å². The molecule has 1 aliphatic heterocycles. The molecule has 3 N–H and O–H groups in total. The molecule has 0 aromatic rings. The highest BCUT2D eigenvalue weighted by molar-refractivity contribution is 6.29. The Hall–Kier alpha value is -0.290. The number of aliphatic hydroxyl groups excluding tert-OH is 1. The maximum Gasteiger partial charge on any atom is 0.237 e. The van der Waals surface area contributed by atoms with E-state index in [0.717, 1.165) is 0 Å². The monoisotopic (exact) mass is 240 g/mol. The number of carbonyl (C=O) groups excluding carboxylic acids is 1. The number of rotatable bonds is 3. The van der Waals surface area contributed by atoms with Gasteiger partial charge in [-0.25, -0.2) is 0 Å². The van der Waals surface area contributed by atoms with Crippen LogP contribution in [-0.4, -0.2) is 36.2 Å². The van der Waals surface area contributed by atoms with Crippen LogP contribution >= 0.6 is 24.0 Å². The number of amides is 1. The molecule has 0 aromatic heterocycles. The van der Waals surface area contributed by atoms with Crippen molar-refractivity contribution in [3.05, 3.63) is 11.6 Å². The van der Waals surface area contributed by atoms with Gasteiger partial charge in [-0.05, 0) is 6.42 Å². The molecule has 1 heterocycles. The Morgan fingerprint density at radius 2 is 2.36 bits per heavy atom. The Balaban J connectivity index is 0.00000169. The molecular weight excluding hydrogens is 227 g/mol. The molecule has 2 atom stereocenters. The average molecular weight is 241 g/mol. The van der Waals surface area contributed by atoms with Gasteiger partial charge >= 0.3 is 0 Å². The second-order valence-corrected chi connectivity index (χ2v) is 3.62. The summed E-state index contributed by atoms with van der Waals surface area (Å²) in [5.74, 6) is -0.140. The number of nitrogens with one attached hydrogen (secondary N) is 2. The summed E-state index contributed by atoms with van der Waals surface area (Å²) in [6.07, 6.45) is 0.0376. The van der Waals surface area contributed by atoms with Crippen LogP contribution in [0.3, 0.4) is 0 Å². The molecule has 14 heavy (non-hydrogen) atoms. The van der Waals surface area contributed by atoms with Gasteiger partial charge < -0.3 is 15.7 Å². The fourth-order valence-corrected chi connectivity index (χ4v) is 1.29. The third kappa shape index (κ3) is 4.28. The molecule has 0 aromatic carbocycles. The topological polar surface area (TPSA) is 61.4 Å². The first-order valence-corrected chi connectivity index (χ1v) is 4.50. The van der Waals surface area contributed by atoms with Crippen LogP contribution in [0.1, 0.15) is 6.42 Å². The van der Waals surface area contributed by atoms with E-state index < -0.39 is 6.10 Å². The van der Waals surface area contributed by atoms with Crippen LogP contribution in [-0.2, 0) is 4.79 Å². The Bertz CT molecular complexity index is 223. The first kappa shape index (κ1) is 13.7. The summed E-state index contributed by atoms with van der Waals surface area (Å²) in [4.78, 5) is 11.3. The Morgan fingerprint density at radius 3 is 2.79 bits per heavy atom. The van der Waals surface area contributed by atoms with Crippen LogP contribution in [0.5, 0.6) is 0 Å². The Labute approximate surface area is 94.1 Å². The average Bonchev–Trinajstić information content (AvgIpc) is 2.47. The van der Waals surface area contributed by atoms with E-state index in [-0.39, 0.29) is 30.9 Å². The number of β-amino-alcohol motifs (C(OH)–C–C–N with tert-alkyl or cyclic N) is 1. The van der Waals surface area contributed by atoms with E-state index in [1.165, 1.54) is 0 Å². The van der Waals surface area contributed by atoms with Crippen molar-refractivity contribution in [2.75, 3.05) is 13.1 Å². The molecule has 1 rings (SSSR count). The van der Waals surface area contributed by atoms with Gasteiger partial charge in [0.05, 0.1) is 18.7 Å². The van der Waals surface area contributed by atoms with Gasteiger partial charge in [-0.2, -0.15) is 0 Å². The minimum absolute atomic E-state index is 0. The molecule has 4 nitrogen and oxygen atoms in total. The molecule has 0 bridgehead atoms. The maximum absolute atomic E-state index is 11.3. The summed E-state index contributed by atoms with van der Waals surface area (Å²) in [5.41, 5.74) is 0. The number of hydrogen-bond donors (Lipinski definition) is 3. The van der Waals surface area contributed by atoms with Gasteiger partial charge in [-0.1, -0.05) is 18.2 Å². The van der Waals surface area contributed by atoms with Crippen molar-refractivity contribution in [1.82, 2.24) is 10.6 Å². The smallest absolute Gasteiger partial charge is 0.237 e. The fourth-order valence-electron chi connectivity index (χ4n) is 1.22. The van der Waals surface area contributed by atoms with Gasteiger partial charge in [0.1, 0.15) is 0 Å². The number of halogens is 2. The molecule has 1 fully saturated rings. The van der Waals surface area contributed by atoms with E-state index in [1.54, 1.807) is 0 Å². The summed E-state index contributed by atoms with van der Waals surface area (Å²) in [6.45, 7) is 4.19. The second-order valence-electron chi connectivity index (χ2n) is 3.09. The normalized spacial score (nSPS) is 25.3. The largest absolute Gasteiger partial charge is 0.392 e. The molecular formula is C8H14Cl2N2O2. The lowest BCUT2D eigenvalue weighted by Gasteiger charge is -2.09. The highest BCUT2D eigenvalue weighted by Crippen LogP contribution is 2.06. The Morgan fingerprint density at radius 1 is 1.71 bits per heavy atom. The summed E-state index contributed by atoms with van der Waals surface area (Å²) < 4.78 is 0. The summed E-state index contributed by atoms with van der Waals surface area (Å²) in [5, 5.41) is 15.0. The van der Waals surface area contributed by atoms with Gasteiger partial charge in [-0.15, -0.1) is 12.4 Å². The first-order valence-electron chi connectivity index (χ1n) is 4.12. The third-order valence-electron chi connectivity index (χ3n) is 1.88. The van der Waals surface area contributed by atoms with Crippen molar-refractivity contribution in [3.8, 4) is 0 Å². The molecule has 1 amide bonds. The van der Waals surface area contributed by atoms with Gasteiger partial charge in [0.2, 0.25) is 5.91 Å². The van der Waals surface area contributed by atoms with Gasteiger partial charge in [0.25, 0.3) is 0 Å². The number of carbonyl (C=O) groups is 1. The zero-order valence-corrected chi connectivity index (χ0v) is 9.20. The van der Waals surface area contributed by atoms with Crippen molar-refractivity contribution >= 4 is 29.9 Å². The first-order chi connectivity index (χ1) is 6.09. The van der Waals surface area contributed by atoms with Crippen LogP contribution in [0, 0.1) is 0 Å². The number of hydrogen-bond acceptors (Lipinski definition) is 3. The summed E-state index contributed by atoms with van der Waals surface area (Å²) >= 11 is 5.48. The van der Waals surface area contributed by atoms with E-state index in [0.29, 0.717) is 18.0 Å². The predicted molar refractivity (Wildman–Crippen MR) is 57.7 cm³/mol. The van der Waals surface area contributed by atoms with Gasteiger partial charge in [0.15, 0.2) is 0 Å². The SMILES string of the molecule is C=C(Cl)CNC(=O)[C@H]1C[C@@H](O)CN1.Cl. The van der Waals surface area contributed by atoms with Crippen molar-refractivity contribution in [3.63, 3.8) is 0 Å². The van der Waals surface area contributed by atoms with Gasteiger partial charge in [-0.3, -0.25) is 4.79 Å². The second kappa shape index (κ2) is 6.24. The quantitative estimate of drug-likeness (QED) is 0.651. The van der Waals surface area contributed by atoms with E-state index in [4.69, 9.17) is 16.7 Å². The van der Waals surface area contributed by atoms with E-state index >= 15 is 0 Å². The fraction of sp³-hybridized carbons (Fsp3) is 0.625. The molecule has 1 saturated heterocycles. The lowest BCUT2D eigenvalue weighted by atomic mass is 10.2. The molecule has 82 valence electrons. The molecule has 6 heteroatoms. The van der Waals surface area contributed by atoms with E-state index in [1.807, 2.05) is 0 Å². The van der Waals surface area contributed by atoms with Crippen molar-refractivity contribution in [2.45, 2.75) is 18.6 Å². The molecule has 0 radical (unpaired) electrons. The van der Waals surface area contributed by atoms with E-state index in [9.17, 15) is 4.79 Å². The summed E-state index contributed by atoms with van der Waals surface area (Å²) in [7, 11) is 0. The number of aliphatic hydroxyl groups is 1. The van der Waals surface area contributed by atoms with Crippen molar-refractivity contribution in [2.24, 2.45) is 0 Å². The minimum Gasteiger partial charge on any atom is -0.392 e. The molecule has 0 unspecified atom stereocenters. The van der Waals surface area contributed by atoms with Crippen LogP contribution in [0.4, 0.5) is 0 Å². The van der Waals surface area contributed by atoms with Crippen LogP contribution < -0.4 is 10.6 Å². The zero-order valence-electron chi connectivity index (χ0n) is 7.62. The molecule has 0 aliphatic carbocycles. The lowest BCUT2D eigenvalue weighted by Crippen LogP contribution is -2.40. The van der Waals surface area contributed by atoms with Crippen LogP contribution in [0.2, 0.25) is 0 Å². The summed E-state index contributed by atoms with van der Waals surface area (Å²) in [6, 6.07) is -0.300. The standard InChI is InChI=1S/C8H13ClN2O2.ClH/c1-5(9)3-11-8(13)7-2-6(12)4-10-7;/h6-7,10,12H,1-4H2,(H,11,13);1H/t6-,7-;/m1./s1. The van der Waals surface area contributed by atoms with Crippen molar-refractivity contribution in [1.29, 1.82) is 0 Å². The molecule has 1 aliphatic rings. The van der Waals surface area contributed by atoms with Crippen LogP contribution in [0.25, 0.3) is 0 Å². The third-order valence-corrected chi connectivity index (χ3v) is 2.01. The minimum atomic E-state index is -0.421. The Kier molecular flexibility index (Phi) is 6.11. The highest BCUT2D eigenvalue weighted by atomic mass is 35.5. The van der Waals surface area contributed by atoms with Crippen molar-refractivity contribution < 1.29 is 9.90 Å². The maximum atomic E-state index is 11.3. The zero-order chi connectivity index (χ0) is 9.84. The lowest BCUT2D eigenvalue weighted by molar-refractivity contribution is -0.122. The molecule has 0 spiro atoms. The predicted octanol–water partition coefficient (Wildman–Crippen LogP) is -0.000300. The van der Waals surface area contributed by atoms with Gasteiger partial charge in [0, 0.05) is 11.6 Å². The highest BCUT2D eigenvalue weighted by Gasteiger charge is 2.27.